The van der Waals surface area contributed by atoms with Crippen LogP contribution in [0.15, 0.2) is 22.0 Å². The van der Waals surface area contributed by atoms with E-state index in [1.807, 2.05) is 22.4 Å². The molecule has 0 N–H and O–H groups in total. The first-order chi connectivity index (χ1) is 12.2. The minimum absolute atomic E-state index is 0.251. The van der Waals surface area contributed by atoms with Crippen LogP contribution >= 0.6 is 11.3 Å². The van der Waals surface area contributed by atoms with E-state index in [-0.39, 0.29) is 5.91 Å². The maximum atomic E-state index is 12.5. The summed E-state index contributed by atoms with van der Waals surface area (Å²) in [6.07, 6.45) is 5.24. The van der Waals surface area contributed by atoms with Crippen molar-refractivity contribution in [3.05, 3.63) is 23.4 Å². The van der Waals surface area contributed by atoms with E-state index in [4.69, 9.17) is 9.26 Å². The van der Waals surface area contributed by atoms with Gasteiger partial charge in [0.1, 0.15) is 0 Å². The van der Waals surface area contributed by atoms with Crippen molar-refractivity contribution in [1.82, 2.24) is 15.0 Å². The Morgan fingerprint density at radius 2 is 2.20 bits per heavy atom. The quantitative estimate of drug-likeness (QED) is 0.818. The third-order valence-electron chi connectivity index (χ3n) is 5.34. The molecule has 4 rings (SSSR count). The molecule has 0 radical (unpaired) electrons. The van der Waals surface area contributed by atoms with Crippen LogP contribution in [0.1, 0.15) is 38.0 Å². The summed E-state index contributed by atoms with van der Waals surface area (Å²) < 4.78 is 10.8. The highest BCUT2D eigenvalue weighted by atomic mass is 32.1. The number of amides is 1. The van der Waals surface area contributed by atoms with Gasteiger partial charge in [-0.3, -0.25) is 4.79 Å². The Kier molecular flexibility index (Phi) is 4.85. The lowest BCUT2D eigenvalue weighted by atomic mass is 9.80. The van der Waals surface area contributed by atoms with Gasteiger partial charge in [0.05, 0.1) is 4.88 Å². The largest absolute Gasteiger partial charge is 0.381 e. The Labute approximate surface area is 151 Å². The molecule has 1 spiro atoms. The lowest BCUT2D eigenvalue weighted by Gasteiger charge is -2.33. The Morgan fingerprint density at radius 3 is 3.00 bits per heavy atom. The molecule has 0 atom stereocenters. The predicted octanol–water partition coefficient (Wildman–Crippen LogP) is 3.15. The molecule has 25 heavy (non-hydrogen) atoms. The van der Waals surface area contributed by atoms with Crippen molar-refractivity contribution in [2.45, 2.75) is 38.5 Å². The van der Waals surface area contributed by atoms with Gasteiger partial charge in [0.2, 0.25) is 17.6 Å². The zero-order valence-corrected chi connectivity index (χ0v) is 15.1. The zero-order chi connectivity index (χ0) is 17.1. The molecule has 0 unspecified atom stereocenters. The third-order valence-corrected chi connectivity index (χ3v) is 6.20. The fourth-order valence-electron chi connectivity index (χ4n) is 3.77. The zero-order valence-electron chi connectivity index (χ0n) is 14.3. The van der Waals surface area contributed by atoms with E-state index in [2.05, 4.69) is 10.1 Å². The molecule has 1 amide bonds. The highest BCUT2D eigenvalue weighted by Crippen LogP contribution is 2.39. The summed E-state index contributed by atoms with van der Waals surface area (Å²) >= 11 is 1.59. The Bertz CT molecular complexity index is 707. The van der Waals surface area contributed by atoms with E-state index in [9.17, 15) is 4.79 Å². The fraction of sp³-hybridized carbons (Fsp3) is 0.611. The molecule has 2 aromatic rings. The molecule has 0 bridgehead atoms. The van der Waals surface area contributed by atoms with E-state index in [1.54, 1.807) is 11.3 Å². The number of hydrogen-bond donors (Lipinski definition) is 0. The van der Waals surface area contributed by atoms with Crippen LogP contribution in [0.3, 0.4) is 0 Å². The van der Waals surface area contributed by atoms with Gasteiger partial charge < -0.3 is 14.2 Å². The molecule has 2 saturated heterocycles. The van der Waals surface area contributed by atoms with Crippen molar-refractivity contribution in [3.8, 4) is 10.7 Å². The normalized spacial score (nSPS) is 19.6. The van der Waals surface area contributed by atoms with E-state index in [0.717, 1.165) is 56.9 Å². The summed E-state index contributed by atoms with van der Waals surface area (Å²) in [5.41, 5.74) is 0.315. The van der Waals surface area contributed by atoms with Gasteiger partial charge in [-0.2, -0.15) is 4.98 Å². The second-order valence-electron chi connectivity index (χ2n) is 7.02. The monoisotopic (exact) mass is 361 g/mol. The molecule has 0 saturated carbocycles. The van der Waals surface area contributed by atoms with E-state index >= 15 is 0 Å². The lowest BCUT2D eigenvalue weighted by molar-refractivity contribution is -0.131. The molecular formula is C18H23N3O3S. The number of hydrogen-bond acceptors (Lipinski definition) is 6. The highest BCUT2D eigenvalue weighted by molar-refractivity contribution is 7.13. The maximum absolute atomic E-state index is 12.5. The summed E-state index contributed by atoms with van der Waals surface area (Å²) in [7, 11) is 0. The molecule has 0 aromatic carbocycles. The summed E-state index contributed by atoms with van der Waals surface area (Å²) in [6.45, 7) is 3.47. The van der Waals surface area contributed by atoms with E-state index in [1.165, 1.54) is 0 Å². The van der Waals surface area contributed by atoms with Crippen molar-refractivity contribution in [2.24, 2.45) is 5.41 Å². The van der Waals surface area contributed by atoms with Crippen LogP contribution in [-0.4, -0.2) is 47.3 Å². The summed E-state index contributed by atoms with van der Waals surface area (Å²) in [4.78, 5) is 19.9. The minimum atomic E-state index is 0.251. The number of rotatable bonds is 5. The molecular weight excluding hydrogens is 338 g/mol. The number of thiophene rings is 1. The maximum Gasteiger partial charge on any atom is 0.226 e. The minimum Gasteiger partial charge on any atom is -0.381 e. The van der Waals surface area contributed by atoms with Crippen LogP contribution in [0.2, 0.25) is 0 Å². The number of carbonyl (C=O) groups excluding carboxylic acids is 1. The predicted molar refractivity (Wildman–Crippen MR) is 94.2 cm³/mol. The number of likely N-dealkylation sites (tertiary alicyclic amines) is 1. The van der Waals surface area contributed by atoms with Crippen LogP contribution in [0.25, 0.3) is 10.7 Å². The second-order valence-corrected chi connectivity index (χ2v) is 7.97. The van der Waals surface area contributed by atoms with Crippen LogP contribution in [-0.2, 0) is 16.0 Å². The van der Waals surface area contributed by atoms with Gasteiger partial charge in [0.25, 0.3) is 0 Å². The summed E-state index contributed by atoms with van der Waals surface area (Å²) in [6, 6.07) is 3.94. The van der Waals surface area contributed by atoms with E-state index in [0.29, 0.717) is 30.0 Å². The van der Waals surface area contributed by atoms with Gasteiger partial charge in [-0.25, -0.2) is 0 Å². The lowest BCUT2D eigenvalue weighted by Crippen LogP contribution is -2.35. The second kappa shape index (κ2) is 7.25. The number of aryl methyl sites for hydroxylation is 1. The molecule has 2 fully saturated rings. The molecule has 134 valence electrons. The van der Waals surface area contributed by atoms with Crippen LogP contribution in [0.5, 0.6) is 0 Å². The number of nitrogens with zero attached hydrogens (tertiary/aromatic N) is 3. The number of ether oxygens (including phenoxy) is 1. The first-order valence-electron chi connectivity index (χ1n) is 8.96. The van der Waals surface area contributed by atoms with Gasteiger partial charge in [-0.1, -0.05) is 11.2 Å². The Hall–Kier alpha value is -1.73. The smallest absolute Gasteiger partial charge is 0.226 e. The number of carbonyl (C=O) groups is 1. The third kappa shape index (κ3) is 3.77. The molecule has 2 aliphatic heterocycles. The topological polar surface area (TPSA) is 68.5 Å². The summed E-state index contributed by atoms with van der Waals surface area (Å²) in [5.74, 6) is 1.50. The van der Waals surface area contributed by atoms with Crippen LogP contribution < -0.4 is 0 Å². The van der Waals surface area contributed by atoms with Crippen molar-refractivity contribution >= 4 is 17.2 Å². The van der Waals surface area contributed by atoms with Crippen molar-refractivity contribution in [1.29, 1.82) is 0 Å². The first-order valence-corrected chi connectivity index (χ1v) is 9.84. The summed E-state index contributed by atoms with van der Waals surface area (Å²) in [5, 5.41) is 6.00. The molecule has 6 nitrogen and oxygen atoms in total. The average Bonchev–Trinajstić information content (AvgIpc) is 3.36. The molecule has 2 aromatic heterocycles. The SMILES string of the molecule is O=C(CCCc1nc(-c2cccs2)no1)N1CCC2(CCOCC2)C1. The fourth-order valence-corrected chi connectivity index (χ4v) is 4.42. The molecule has 4 heterocycles. The van der Waals surface area contributed by atoms with Crippen molar-refractivity contribution < 1.29 is 14.1 Å². The Balaban J connectivity index is 1.24. The van der Waals surface area contributed by atoms with Gasteiger partial charge in [-0.15, -0.1) is 11.3 Å². The Morgan fingerprint density at radius 1 is 1.32 bits per heavy atom. The van der Waals surface area contributed by atoms with Gasteiger partial charge in [0, 0.05) is 39.1 Å². The first kappa shape index (κ1) is 16.7. The van der Waals surface area contributed by atoms with E-state index < -0.39 is 0 Å². The molecule has 7 heteroatoms. The number of aromatic nitrogens is 2. The molecule has 2 aliphatic rings. The van der Waals surface area contributed by atoms with Gasteiger partial charge in [-0.05, 0) is 42.5 Å². The standard InChI is InChI=1S/C18H23N3O3S/c22-16(21-9-6-18(13-21)7-10-23-11-8-18)5-1-4-15-19-17(20-24-15)14-3-2-12-25-14/h2-3,12H,1,4-11,13H2. The van der Waals surface area contributed by atoms with Gasteiger partial charge >= 0.3 is 0 Å². The van der Waals surface area contributed by atoms with Gasteiger partial charge in [0.15, 0.2) is 0 Å². The van der Waals surface area contributed by atoms with Crippen molar-refractivity contribution in [3.63, 3.8) is 0 Å². The van der Waals surface area contributed by atoms with Crippen molar-refractivity contribution in [2.75, 3.05) is 26.3 Å². The average molecular weight is 361 g/mol. The highest BCUT2D eigenvalue weighted by Gasteiger charge is 2.40. The van der Waals surface area contributed by atoms with Crippen LogP contribution in [0, 0.1) is 5.41 Å². The molecule has 0 aliphatic carbocycles. The van der Waals surface area contributed by atoms with Crippen LogP contribution in [0.4, 0.5) is 0 Å².